The van der Waals surface area contributed by atoms with Gasteiger partial charge < -0.3 is 15.2 Å². The summed E-state index contributed by atoms with van der Waals surface area (Å²) >= 11 is 0. The number of hydrogen-bond donors (Lipinski definition) is 2. The normalized spacial score (nSPS) is 11.5. The van der Waals surface area contributed by atoms with Crippen molar-refractivity contribution in [1.29, 1.82) is 0 Å². The number of pyridine rings is 1. The zero-order valence-electron chi connectivity index (χ0n) is 13.4. The Morgan fingerprint density at radius 2 is 2.00 bits per heavy atom. The Labute approximate surface area is 140 Å². The van der Waals surface area contributed by atoms with E-state index in [1.807, 2.05) is 30.3 Å². The van der Waals surface area contributed by atoms with Crippen molar-refractivity contribution >= 4 is 11.9 Å². The van der Waals surface area contributed by atoms with Crippen LogP contribution in [0.5, 0.6) is 5.88 Å². The summed E-state index contributed by atoms with van der Waals surface area (Å²) < 4.78 is 5.59. The van der Waals surface area contributed by atoms with Crippen LogP contribution >= 0.6 is 0 Å². The number of carboxylic acids is 1. The lowest BCUT2D eigenvalue weighted by atomic mass is 10.1. The minimum Gasteiger partial charge on any atom is -0.481 e. The average Bonchev–Trinajstić information content (AvgIpc) is 2.58. The van der Waals surface area contributed by atoms with Gasteiger partial charge in [-0.3, -0.25) is 9.59 Å². The number of aliphatic carboxylic acids is 1. The summed E-state index contributed by atoms with van der Waals surface area (Å²) in [6.07, 6.45) is 1.53. The number of nitrogens with zero attached hydrogens (tertiary/aromatic N) is 1. The van der Waals surface area contributed by atoms with Gasteiger partial charge in [-0.1, -0.05) is 37.3 Å². The van der Waals surface area contributed by atoms with Crippen molar-refractivity contribution in [3.8, 4) is 5.88 Å². The van der Waals surface area contributed by atoms with E-state index < -0.39 is 5.97 Å². The highest BCUT2D eigenvalue weighted by Crippen LogP contribution is 2.12. The monoisotopic (exact) mass is 328 g/mol. The van der Waals surface area contributed by atoms with Gasteiger partial charge in [-0.25, -0.2) is 4.98 Å². The summed E-state index contributed by atoms with van der Waals surface area (Å²) in [5.74, 6) is -0.927. The number of carboxylic acid groups (broad SMARTS) is 1. The Balaban J connectivity index is 1.89. The number of benzene rings is 1. The van der Waals surface area contributed by atoms with Crippen LogP contribution in [-0.4, -0.2) is 28.5 Å². The van der Waals surface area contributed by atoms with Crippen LogP contribution in [0.2, 0.25) is 0 Å². The van der Waals surface area contributed by atoms with Gasteiger partial charge in [-0.05, 0) is 17.5 Å². The Kier molecular flexibility index (Phi) is 6.31. The van der Waals surface area contributed by atoms with E-state index in [9.17, 15) is 9.59 Å². The predicted molar refractivity (Wildman–Crippen MR) is 88.8 cm³/mol. The first-order valence-corrected chi connectivity index (χ1v) is 7.67. The quantitative estimate of drug-likeness (QED) is 0.777. The highest BCUT2D eigenvalue weighted by Gasteiger charge is 2.11. The molecule has 6 nitrogen and oxygen atoms in total. The van der Waals surface area contributed by atoms with E-state index >= 15 is 0 Å². The highest BCUT2D eigenvalue weighted by atomic mass is 16.5. The van der Waals surface area contributed by atoms with Crippen LogP contribution in [0.15, 0.2) is 48.7 Å². The van der Waals surface area contributed by atoms with Crippen LogP contribution in [0.3, 0.4) is 0 Å². The molecule has 24 heavy (non-hydrogen) atoms. The molecule has 126 valence electrons. The van der Waals surface area contributed by atoms with Gasteiger partial charge >= 0.3 is 5.97 Å². The smallest absolute Gasteiger partial charge is 0.303 e. The van der Waals surface area contributed by atoms with Crippen LogP contribution < -0.4 is 10.1 Å². The molecule has 1 aromatic heterocycles. The molecule has 2 aromatic rings. The first kappa shape index (κ1) is 17.5. The third-order valence-electron chi connectivity index (χ3n) is 3.36. The molecule has 1 atom stereocenters. The van der Waals surface area contributed by atoms with Crippen molar-refractivity contribution < 1.29 is 19.4 Å². The maximum absolute atomic E-state index is 12.1. The molecule has 2 rings (SSSR count). The first-order chi connectivity index (χ1) is 11.5. The van der Waals surface area contributed by atoms with Crippen LogP contribution in [0.25, 0.3) is 0 Å². The van der Waals surface area contributed by atoms with Gasteiger partial charge in [0.25, 0.3) is 5.91 Å². The number of ether oxygens (including phenoxy) is 1. The zero-order chi connectivity index (χ0) is 17.4. The molecule has 1 heterocycles. The maximum Gasteiger partial charge on any atom is 0.303 e. The van der Waals surface area contributed by atoms with Crippen molar-refractivity contribution in [2.45, 2.75) is 20.0 Å². The SMILES string of the molecule is CC(CNC(=O)c1ccnc(OCc2ccccc2)c1)CC(=O)O. The summed E-state index contributed by atoms with van der Waals surface area (Å²) in [7, 11) is 0. The molecule has 0 radical (unpaired) electrons. The summed E-state index contributed by atoms with van der Waals surface area (Å²) in [6, 6.07) is 12.8. The average molecular weight is 328 g/mol. The number of carbonyl (C=O) groups is 2. The Morgan fingerprint density at radius 3 is 2.71 bits per heavy atom. The third-order valence-corrected chi connectivity index (χ3v) is 3.36. The number of amides is 1. The Hall–Kier alpha value is -2.89. The number of rotatable bonds is 8. The molecule has 0 spiro atoms. The fourth-order valence-corrected chi connectivity index (χ4v) is 2.10. The molecule has 0 aliphatic rings. The molecule has 2 N–H and O–H groups in total. The Morgan fingerprint density at radius 1 is 1.25 bits per heavy atom. The van der Waals surface area contributed by atoms with E-state index in [4.69, 9.17) is 9.84 Å². The summed E-state index contributed by atoms with van der Waals surface area (Å²) in [4.78, 5) is 26.8. The van der Waals surface area contributed by atoms with E-state index in [0.29, 0.717) is 24.6 Å². The van der Waals surface area contributed by atoms with Gasteiger partial charge in [-0.15, -0.1) is 0 Å². The minimum absolute atomic E-state index is 0.0159. The second kappa shape index (κ2) is 8.67. The van der Waals surface area contributed by atoms with Crippen LogP contribution in [0.4, 0.5) is 0 Å². The summed E-state index contributed by atoms with van der Waals surface area (Å²) in [6.45, 7) is 2.44. The molecule has 0 saturated heterocycles. The van der Waals surface area contributed by atoms with E-state index in [1.54, 1.807) is 19.1 Å². The fourth-order valence-electron chi connectivity index (χ4n) is 2.10. The van der Waals surface area contributed by atoms with Gasteiger partial charge in [0.1, 0.15) is 6.61 Å². The second-order valence-electron chi connectivity index (χ2n) is 5.57. The molecule has 1 unspecified atom stereocenters. The number of carbonyl (C=O) groups excluding carboxylic acids is 1. The molecule has 1 amide bonds. The largest absolute Gasteiger partial charge is 0.481 e. The Bertz CT molecular complexity index is 688. The number of aromatic nitrogens is 1. The molecule has 0 saturated carbocycles. The van der Waals surface area contributed by atoms with Crippen molar-refractivity contribution in [3.05, 3.63) is 59.8 Å². The maximum atomic E-state index is 12.1. The van der Waals surface area contributed by atoms with Gasteiger partial charge in [0, 0.05) is 30.8 Å². The fraction of sp³-hybridized carbons (Fsp3) is 0.278. The highest BCUT2D eigenvalue weighted by molar-refractivity contribution is 5.94. The van der Waals surface area contributed by atoms with Gasteiger partial charge in [0.2, 0.25) is 5.88 Å². The lowest BCUT2D eigenvalue weighted by Crippen LogP contribution is -2.29. The van der Waals surface area contributed by atoms with Crippen LogP contribution in [0.1, 0.15) is 29.3 Å². The lowest BCUT2D eigenvalue weighted by Gasteiger charge is -2.11. The minimum atomic E-state index is -0.878. The first-order valence-electron chi connectivity index (χ1n) is 7.67. The van der Waals surface area contributed by atoms with Crippen molar-refractivity contribution in [1.82, 2.24) is 10.3 Å². The van der Waals surface area contributed by atoms with E-state index in [1.165, 1.54) is 6.20 Å². The van der Waals surface area contributed by atoms with Crippen molar-refractivity contribution in [3.63, 3.8) is 0 Å². The molecule has 0 aliphatic carbocycles. The van der Waals surface area contributed by atoms with E-state index in [-0.39, 0.29) is 18.2 Å². The third kappa shape index (κ3) is 5.72. The van der Waals surface area contributed by atoms with E-state index in [2.05, 4.69) is 10.3 Å². The van der Waals surface area contributed by atoms with Crippen LogP contribution in [0, 0.1) is 5.92 Å². The van der Waals surface area contributed by atoms with Gasteiger partial charge in [0.05, 0.1) is 0 Å². The topological polar surface area (TPSA) is 88.5 Å². The molecule has 6 heteroatoms. The van der Waals surface area contributed by atoms with Crippen molar-refractivity contribution in [2.75, 3.05) is 6.54 Å². The molecule has 0 bridgehead atoms. The predicted octanol–water partition coefficient (Wildman–Crippen LogP) is 2.50. The zero-order valence-corrected chi connectivity index (χ0v) is 13.4. The van der Waals surface area contributed by atoms with Crippen molar-refractivity contribution in [2.24, 2.45) is 5.92 Å². The lowest BCUT2D eigenvalue weighted by molar-refractivity contribution is -0.137. The van der Waals surface area contributed by atoms with Crippen LogP contribution in [-0.2, 0) is 11.4 Å². The van der Waals surface area contributed by atoms with Gasteiger partial charge in [0.15, 0.2) is 0 Å². The molecule has 0 aliphatic heterocycles. The van der Waals surface area contributed by atoms with E-state index in [0.717, 1.165) is 5.56 Å². The summed E-state index contributed by atoms with van der Waals surface area (Å²) in [5, 5.41) is 11.4. The number of hydrogen-bond acceptors (Lipinski definition) is 4. The number of nitrogens with one attached hydrogen (secondary N) is 1. The molecular formula is C18H20N2O4. The summed E-state index contributed by atoms with van der Waals surface area (Å²) in [5.41, 5.74) is 1.44. The standard InChI is InChI=1S/C18H20N2O4/c1-13(9-17(21)22)11-20-18(23)15-7-8-19-16(10-15)24-12-14-5-3-2-4-6-14/h2-8,10,13H,9,11-12H2,1H3,(H,20,23)(H,21,22). The van der Waals surface area contributed by atoms with Gasteiger partial charge in [-0.2, -0.15) is 0 Å². The molecular weight excluding hydrogens is 308 g/mol. The molecule has 1 aromatic carbocycles. The second-order valence-corrected chi connectivity index (χ2v) is 5.57. The molecule has 0 fully saturated rings.